The van der Waals surface area contributed by atoms with E-state index in [2.05, 4.69) is 22.2 Å². The van der Waals surface area contributed by atoms with Crippen LogP contribution in [-0.4, -0.2) is 22.6 Å². The van der Waals surface area contributed by atoms with Crippen LogP contribution in [0, 0.1) is 5.92 Å². The molecule has 4 heteroatoms. The van der Waals surface area contributed by atoms with Crippen LogP contribution in [0.3, 0.4) is 0 Å². The molecule has 1 saturated carbocycles. The smallest absolute Gasteiger partial charge is 0.234 e. The van der Waals surface area contributed by atoms with Gasteiger partial charge >= 0.3 is 0 Å². The van der Waals surface area contributed by atoms with Crippen molar-refractivity contribution in [1.29, 1.82) is 0 Å². The van der Waals surface area contributed by atoms with E-state index in [0.717, 1.165) is 11.7 Å². The summed E-state index contributed by atoms with van der Waals surface area (Å²) in [7, 11) is 0. The first kappa shape index (κ1) is 11.2. The average Bonchev–Trinajstić information content (AvgIpc) is 2.65. The van der Waals surface area contributed by atoms with Crippen molar-refractivity contribution in [1.82, 2.24) is 9.97 Å². The Kier molecular flexibility index (Phi) is 3.59. The largest absolute Gasteiger partial charge is 0.477 e. The molecule has 88 valence electrons. The number of hydrogen-bond donors (Lipinski definition) is 1. The summed E-state index contributed by atoms with van der Waals surface area (Å²) in [5.41, 5.74) is 0. The molecule has 0 saturated heterocycles. The predicted octanol–water partition coefficient (Wildman–Crippen LogP) is 2.48. The van der Waals surface area contributed by atoms with Crippen molar-refractivity contribution in [3.8, 4) is 5.88 Å². The highest BCUT2D eigenvalue weighted by Gasteiger charge is 2.21. The van der Waals surface area contributed by atoms with Crippen LogP contribution < -0.4 is 10.1 Å². The molecular weight excluding hydrogens is 202 g/mol. The molecule has 1 aromatic rings. The maximum atomic E-state index is 5.32. The summed E-state index contributed by atoms with van der Waals surface area (Å²) < 4.78 is 5.32. The summed E-state index contributed by atoms with van der Waals surface area (Å²) in [5, 5.41) is 3.42. The quantitative estimate of drug-likeness (QED) is 0.848. The van der Waals surface area contributed by atoms with E-state index in [0.29, 0.717) is 18.5 Å². The molecule has 4 nitrogen and oxygen atoms in total. The first-order chi connectivity index (χ1) is 7.78. The Morgan fingerprint density at radius 3 is 3.00 bits per heavy atom. The molecule has 16 heavy (non-hydrogen) atoms. The van der Waals surface area contributed by atoms with Gasteiger partial charge in [-0.2, -0.15) is 4.98 Å². The van der Waals surface area contributed by atoms with Gasteiger partial charge in [0.25, 0.3) is 0 Å². The fourth-order valence-electron chi connectivity index (χ4n) is 2.18. The minimum absolute atomic E-state index is 0.543. The van der Waals surface area contributed by atoms with E-state index in [-0.39, 0.29) is 0 Å². The lowest BCUT2D eigenvalue weighted by atomic mass is 10.1. The van der Waals surface area contributed by atoms with Gasteiger partial charge in [-0.1, -0.05) is 6.92 Å². The summed E-state index contributed by atoms with van der Waals surface area (Å²) in [6, 6.07) is 0.543. The lowest BCUT2D eigenvalue weighted by Gasteiger charge is -2.13. The molecular formula is C12H19N3O. The van der Waals surface area contributed by atoms with Crippen LogP contribution in [0.4, 0.5) is 5.82 Å². The topological polar surface area (TPSA) is 47.0 Å². The van der Waals surface area contributed by atoms with Gasteiger partial charge in [-0.05, 0) is 32.1 Å². The number of nitrogens with zero attached hydrogens (tertiary/aromatic N) is 2. The minimum Gasteiger partial charge on any atom is -0.477 e. The molecule has 0 radical (unpaired) electrons. The normalized spacial score (nSPS) is 24.4. The Morgan fingerprint density at radius 2 is 2.31 bits per heavy atom. The first-order valence-electron chi connectivity index (χ1n) is 5.99. The zero-order chi connectivity index (χ0) is 11.4. The summed E-state index contributed by atoms with van der Waals surface area (Å²) in [6.45, 7) is 4.86. The van der Waals surface area contributed by atoms with Crippen LogP contribution in [0.5, 0.6) is 5.88 Å². The van der Waals surface area contributed by atoms with Gasteiger partial charge in [-0.15, -0.1) is 0 Å². The highest BCUT2D eigenvalue weighted by Crippen LogP contribution is 2.27. The van der Waals surface area contributed by atoms with E-state index in [1.54, 1.807) is 12.4 Å². The van der Waals surface area contributed by atoms with Crippen LogP contribution >= 0.6 is 0 Å². The summed E-state index contributed by atoms with van der Waals surface area (Å²) in [4.78, 5) is 8.47. The van der Waals surface area contributed by atoms with E-state index in [1.807, 2.05) is 6.92 Å². The average molecular weight is 221 g/mol. The number of anilines is 1. The monoisotopic (exact) mass is 221 g/mol. The second-order valence-electron chi connectivity index (χ2n) is 4.44. The van der Waals surface area contributed by atoms with Crippen LogP contribution in [0.2, 0.25) is 0 Å². The Labute approximate surface area is 96.4 Å². The van der Waals surface area contributed by atoms with E-state index < -0.39 is 0 Å². The van der Waals surface area contributed by atoms with Crippen molar-refractivity contribution in [2.45, 2.75) is 39.2 Å². The Morgan fingerprint density at radius 1 is 1.44 bits per heavy atom. The van der Waals surface area contributed by atoms with Crippen LogP contribution in [-0.2, 0) is 0 Å². The molecule has 1 N–H and O–H groups in total. The van der Waals surface area contributed by atoms with Gasteiger partial charge in [0.1, 0.15) is 5.82 Å². The summed E-state index contributed by atoms with van der Waals surface area (Å²) >= 11 is 0. The summed E-state index contributed by atoms with van der Waals surface area (Å²) in [5.74, 6) is 2.24. The first-order valence-corrected chi connectivity index (χ1v) is 5.99. The highest BCUT2D eigenvalue weighted by molar-refractivity contribution is 5.34. The number of rotatable bonds is 4. The maximum Gasteiger partial charge on any atom is 0.234 e. The van der Waals surface area contributed by atoms with Crippen molar-refractivity contribution in [2.24, 2.45) is 5.92 Å². The van der Waals surface area contributed by atoms with Crippen LogP contribution in [0.15, 0.2) is 12.4 Å². The number of aromatic nitrogens is 2. The third-order valence-electron chi connectivity index (χ3n) is 2.95. The zero-order valence-corrected chi connectivity index (χ0v) is 9.94. The van der Waals surface area contributed by atoms with Crippen LogP contribution in [0.1, 0.15) is 33.1 Å². The van der Waals surface area contributed by atoms with Crippen molar-refractivity contribution >= 4 is 5.82 Å². The van der Waals surface area contributed by atoms with Gasteiger partial charge in [0.05, 0.1) is 19.0 Å². The third-order valence-corrected chi connectivity index (χ3v) is 2.95. The van der Waals surface area contributed by atoms with Gasteiger partial charge in [0, 0.05) is 6.04 Å². The molecule has 2 unspecified atom stereocenters. The lowest BCUT2D eigenvalue weighted by molar-refractivity contribution is 0.325. The Hall–Kier alpha value is -1.32. The van der Waals surface area contributed by atoms with Gasteiger partial charge < -0.3 is 10.1 Å². The molecule has 2 rings (SSSR count). The van der Waals surface area contributed by atoms with Gasteiger partial charge in [0.15, 0.2) is 0 Å². The third kappa shape index (κ3) is 2.84. The SMILES string of the molecule is CCOc1cncc(NC2CCC(C)C2)n1. The molecule has 0 bridgehead atoms. The zero-order valence-electron chi connectivity index (χ0n) is 9.94. The standard InChI is InChI=1S/C12H19N3O/c1-3-16-12-8-13-7-11(15-12)14-10-5-4-9(2)6-10/h7-10H,3-6H2,1-2H3,(H,14,15). The van der Waals surface area contributed by atoms with Gasteiger partial charge in [-0.3, -0.25) is 4.98 Å². The van der Waals surface area contributed by atoms with Crippen molar-refractivity contribution in [3.05, 3.63) is 12.4 Å². The molecule has 0 aliphatic heterocycles. The van der Waals surface area contributed by atoms with Crippen molar-refractivity contribution in [3.63, 3.8) is 0 Å². The van der Waals surface area contributed by atoms with E-state index in [9.17, 15) is 0 Å². The fourth-order valence-corrected chi connectivity index (χ4v) is 2.18. The van der Waals surface area contributed by atoms with Crippen molar-refractivity contribution < 1.29 is 4.74 Å². The molecule has 1 aromatic heterocycles. The van der Waals surface area contributed by atoms with Crippen molar-refractivity contribution in [2.75, 3.05) is 11.9 Å². The number of nitrogens with one attached hydrogen (secondary N) is 1. The Balaban J connectivity index is 1.95. The molecule has 1 aliphatic rings. The fraction of sp³-hybridized carbons (Fsp3) is 0.667. The molecule has 1 aliphatic carbocycles. The number of ether oxygens (including phenoxy) is 1. The summed E-state index contributed by atoms with van der Waals surface area (Å²) in [6.07, 6.45) is 7.15. The maximum absolute atomic E-state index is 5.32. The molecule has 1 fully saturated rings. The van der Waals surface area contributed by atoms with Crippen LogP contribution in [0.25, 0.3) is 0 Å². The number of hydrogen-bond acceptors (Lipinski definition) is 4. The van der Waals surface area contributed by atoms with E-state index in [4.69, 9.17) is 4.74 Å². The predicted molar refractivity (Wildman–Crippen MR) is 63.6 cm³/mol. The second kappa shape index (κ2) is 5.14. The van der Waals surface area contributed by atoms with Gasteiger partial charge in [-0.25, -0.2) is 0 Å². The van der Waals surface area contributed by atoms with E-state index >= 15 is 0 Å². The highest BCUT2D eigenvalue weighted by atomic mass is 16.5. The molecule has 0 amide bonds. The molecule has 1 heterocycles. The Bertz CT molecular complexity index is 343. The minimum atomic E-state index is 0.543. The second-order valence-corrected chi connectivity index (χ2v) is 4.44. The molecule has 0 spiro atoms. The van der Waals surface area contributed by atoms with Gasteiger partial charge in [0.2, 0.25) is 5.88 Å². The lowest BCUT2D eigenvalue weighted by Crippen LogP contribution is -2.16. The van der Waals surface area contributed by atoms with E-state index in [1.165, 1.54) is 19.3 Å². The molecule has 2 atom stereocenters. The molecule has 0 aromatic carbocycles.